The Morgan fingerprint density at radius 1 is 1.32 bits per heavy atom. The molecule has 0 aliphatic carbocycles. The first-order valence-electron chi connectivity index (χ1n) is 7.22. The van der Waals surface area contributed by atoms with E-state index in [4.69, 9.17) is 5.73 Å². The topological polar surface area (TPSA) is 29.3 Å². The van der Waals surface area contributed by atoms with E-state index in [1.54, 1.807) is 11.3 Å². The Morgan fingerprint density at radius 3 is 2.63 bits per heavy atom. The molecule has 0 fully saturated rings. The first-order chi connectivity index (χ1) is 9.24. The van der Waals surface area contributed by atoms with Crippen LogP contribution in [0.25, 0.3) is 0 Å². The van der Waals surface area contributed by atoms with Crippen LogP contribution in [0.2, 0.25) is 0 Å². The second kappa shape index (κ2) is 9.14. The fraction of sp³-hybridized carbons (Fsp3) is 0.625. The molecule has 0 saturated carbocycles. The molecule has 1 heterocycles. The molecule has 0 unspecified atom stereocenters. The largest absolute Gasteiger partial charge is 0.320 e. The zero-order chi connectivity index (χ0) is 14.1. The normalized spacial score (nSPS) is 10.8. The summed E-state index contributed by atoms with van der Waals surface area (Å²) < 4.78 is 0. The number of nitrogens with two attached hydrogens (primary N) is 1. The van der Waals surface area contributed by atoms with E-state index >= 15 is 0 Å². The zero-order valence-corrected chi connectivity index (χ0v) is 13.2. The Balaban J connectivity index is 2.67. The van der Waals surface area contributed by atoms with E-state index in [9.17, 15) is 0 Å². The van der Waals surface area contributed by atoms with E-state index < -0.39 is 0 Å². The van der Waals surface area contributed by atoms with Gasteiger partial charge in [0.25, 0.3) is 0 Å². The van der Waals surface area contributed by atoms with Gasteiger partial charge in [0.2, 0.25) is 0 Å². The van der Waals surface area contributed by atoms with Gasteiger partial charge in [0, 0.05) is 23.5 Å². The molecular weight excluding hydrogens is 252 g/mol. The third-order valence-electron chi connectivity index (χ3n) is 3.56. The fourth-order valence-electron chi connectivity index (χ4n) is 2.14. The van der Waals surface area contributed by atoms with Gasteiger partial charge in [0.15, 0.2) is 0 Å². The molecule has 3 heteroatoms. The van der Waals surface area contributed by atoms with Crippen LogP contribution in [0.15, 0.2) is 11.4 Å². The second-order valence-electron chi connectivity index (χ2n) is 4.77. The van der Waals surface area contributed by atoms with Crippen LogP contribution in [-0.4, -0.2) is 24.5 Å². The quantitative estimate of drug-likeness (QED) is 0.775. The second-order valence-corrected chi connectivity index (χ2v) is 5.77. The standard InChI is InChI=1S/C16H26N2S/c1-4-14(5-2)12-18(6-3)13-16-15(8-7-10-17)9-11-19-16/h9,11,14H,4-6,10,12-13,17H2,1-3H3. The predicted octanol–water partition coefficient (Wildman–Crippen LogP) is 3.32. The van der Waals surface area contributed by atoms with Crippen molar-refractivity contribution in [3.05, 3.63) is 21.9 Å². The molecule has 0 radical (unpaired) electrons. The third-order valence-corrected chi connectivity index (χ3v) is 4.46. The van der Waals surface area contributed by atoms with Crippen LogP contribution >= 0.6 is 11.3 Å². The summed E-state index contributed by atoms with van der Waals surface area (Å²) in [6.45, 7) is 10.5. The lowest BCUT2D eigenvalue weighted by atomic mass is 10.0. The van der Waals surface area contributed by atoms with E-state index in [0.717, 1.165) is 24.6 Å². The average molecular weight is 278 g/mol. The van der Waals surface area contributed by atoms with E-state index in [-0.39, 0.29) is 0 Å². The molecule has 0 aliphatic heterocycles. The third kappa shape index (κ3) is 5.36. The Labute approximate surface area is 122 Å². The molecule has 0 aromatic carbocycles. The highest BCUT2D eigenvalue weighted by atomic mass is 32.1. The van der Waals surface area contributed by atoms with Gasteiger partial charge < -0.3 is 5.73 Å². The van der Waals surface area contributed by atoms with Crippen LogP contribution in [0.4, 0.5) is 0 Å². The van der Waals surface area contributed by atoms with E-state index in [1.807, 2.05) is 0 Å². The van der Waals surface area contributed by atoms with Gasteiger partial charge in [-0.1, -0.05) is 45.5 Å². The van der Waals surface area contributed by atoms with Crippen molar-refractivity contribution in [2.75, 3.05) is 19.6 Å². The van der Waals surface area contributed by atoms with Gasteiger partial charge in [-0.05, 0) is 23.9 Å². The summed E-state index contributed by atoms with van der Waals surface area (Å²) in [5.74, 6) is 6.93. The van der Waals surface area contributed by atoms with Crippen LogP contribution < -0.4 is 5.73 Å². The van der Waals surface area contributed by atoms with Crippen LogP contribution in [0.1, 0.15) is 44.1 Å². The minimum absolute atomic E-state index is 0.431. The Kier molecular flexibility index (Phi) is 7.81. The van der Waals surface area contributed by atoms with Gasteiger partial charge in [-0.3, -0.25) is 4.90 Å². The maximum absolute atomic E-state index is 5.44. The highest BCUT2D eigenvalue weighted by Gasteiger charge is 2.12. The van der Waals surface area contributed by atoms with Crippen LogP contribution in [-0.2, 0) is 6.54 Å². The van der Waals surface area contributed by atoms with Gasteiger partial charge in [-0.15, -0.1) is 11.3 Å². The van der Waals surface area contributed by atoms with Gasteiger partial charge in [-0.2, -0.15) is 0 Å². The van der Waals surface area contributed by atoms with Crippen LogP contribution in [0.5, 0.6) is 0 Å². The molecule has 106 valence electrons. The first kappa shape index (κ1) is 16.2. The maximum atomic E-state index is 5.44. The summed E-state index contributed by atoms with van der Waals surface area (Å²) in [7, 11) is 0. The van der Waals surface area contributed by atoms with Crippen LogP contribution in [0, 0.1) is 17.8 Å². The van der Waals surface area contributed by atoms with E-state index in [2.05, 4.69) is 49.0 Å². The lowest BCUT2D eigenvalue weighted by molar-refractivity contribution is 0.228. The smallest absolute Gasteiger partial charge is 0.0555 e. The zero-order valence-electron chi connectivity index (χ0n) is 12.4. The molecule has 1 aromatic rings. The number of rotatable bonds is 7. The molecule has 19 heavy (non-hydrogen) atoms. The molecule has 0 bridgehead atoms. The predicted molar refractivity (Wildman–Crippen MR) is 85.3 cm³/mol. The SMILES string of the molecule is CCC(CC)CN(CC)Cc1sccc1C#CCN. The summed E-state index contributed by atoms with van der Waals surface area (Å²) >= 11 is 1.80. The molecule has 0 aliphatic rings. The number of nitrogens with zero attached hydrogens (tertiary/aromatic N) is 1. The highest BCUT2D eigenvalue weighted by Crippen LogP contribution is 2.19. The molecule has 1 aromatic heterocycles. The molecule has 2 N–H and O–H groups in total. The summed E-state index contributed by atoms with van der Waals surface area (Å²) in [6, 6.07) is 2.10. The molecule has 0 atom stereocenters. The van der Waals surface area contributed by atoms with Crippen molar-refractivity contribution < 1.29 is 0 Å². The average Bonchev–Trinajstić information content (AvgIpc) is 2.88. The molecule has 2 nitrogen and oxygen atoms in total. The van der Waals surface area contributed by atoms with E-state index in [0.29, 0.717) is 6.54 Å². The summed E-state index contributed by atoms with van der Waals surface area (Å²) in [5, 5.41) is 2.13. The Hall–Kier alpha value is -0.820. The van der Waals surface area contributed by atoms with Gasteiger partial charge in [-0.25, -0.2) is 0 Å². The minimum Gasteiger partial charge on any atom is -0.320 e. The van der Waals surface area contributed by atoms with Crippen molar-refractivity contribution in [1.82, 2.24) is 4.90 Å². The Bertz CT molecular complexity index is 410. The lowest BCUT2D eigenvalue weighted by Crippen LogP contribution is -2.28. The van der Waals surface area contributed by atoms with Crippen molar-refractivity contribution in [3.63, 3.8) is 0 Å². The number of hydrogen-bond acceptors (Lipinski definition) is 3. The van der Waals surface area contributed by atoms with Crippen molar-refractivity contribution >= 4 is 11.3 Å². The number of hydrogen-bond donors (Lipinski definition) is 1. The molecule has 0 spiro atoms. The van der Waals surface area contributed by atoms with Crippen molar-refractivity contribution in [2.24, 2.45) is 11.7 Å². The molecule has 0 saturated heterocycles. The minimum atomic E-state index is 0.431. The van der Waals surface area contributed by atoms with Gasteiger partial charge in [0.05, 0.1) is 6.54 Å². The summed E-state index contributed by atoms with van der Waals surface area (Å²) in [5.41, 5.74) is 6.60. The maximum Gasteiger partial charge on any atom is 0.0555 e. The van der Waals surface area contributed by atoms with Gasteiger partial charge in [0.1, 0.15) is 0 Å². The van der Waals surface area contributed by atoms with Crippen molar-refractivity contribution in [2.45, 2.75) is 40.2 Å². The van der Waals surface area contributed by atoms with Gasteiger partial charge >= 0.3 is 0 Å². The summed E-state index contributed by atoms with van der Waals surface area (Å²) in [6.07, 6.45) is 2.52. The number of thiophene rings is 1. The van der Waals surface area contributed by atoms with Crippen molar-refractivity contribution in [1.29, 1.82) is 0 Å². The lowest BCUT2D eigenvalue weighted by Gasteiger charge is -2.24. The molecule has 0 amide bonds. The van der Waals surface area contributed by atoms with E-state index in [1.165, 1.54) is 24.3 Å². The monoisotopic (exact) mass is 278 g/mol. The highest BCUT2D eigenvalue weighted by molar-refractivity contribution is 7.10. The Morgan fingerprint density at radius 2 is 2.05 bits per heavy atom. The van der Waals surface area contributed by atoms with Crippen molar-refractivity contribution in [3.8, 4) is 11.8 Å². The summed E-state index contributed by atoms with van der Waals surface area (Å²) in [4.78, 5) is 3.89. The first-order valence-corrected chi connectivity index (χ1v) is 8.10. The molecular formula is C16H26N2S. The fourth-order valence-corrected chi connectivity index (χ4v) is 3.01. The van der Waals surface area contributed by atoms with Crippen LogP contribution in [0.3, 0.4) is 0 Å². The molecule has 1 rings (SSSR count).